The molecule has 6 heteroatoms. The lowest BCUT2D eigenvalue weighted by atomic mass is 9.94. The molecule has 2 unspecified atom stereocenters. The lowest BCUT2D eigenvalue weighted by molar-refractivity contribution is -0.0499. The number of benzene rings is 1. The summed E-state index contributed by atoms with van der Waals surface area (Å²) in [6.45, 7) is -2.89. The second-order valence-corrected chi connectivity index (χ2v) is 6.37. The molecule has 0 spiro atoms. The molecular formula is C15H18BrF2NO2. The molecule has 1 saturated carbocycles. The lowest BCUT2D eigenvalue weighted by Gasteiger charge is -2.35. The highest BCUT2D eigenvalue weighted by Crippen LogP contribution is 2.29. The van der Waals surface area contributed by atoms with E-state index in [2.05, 4.69) is 20.7 Å². The van der Waals surface area contributed by atoms with Gasteiger partial charge in [0.1, 0.15) is 5.75 Å². The van der Waals surface area contributed by atoms with Crippen LogP contribution in [0.3, 0.4) is 0 Å². The zero-order valence-electron chi connectivity index (χ0n) is 11.8. The maximum atomic E-state index is 12.5. The Hall–Kier alpha value is -1.17. The van der Waals surface area contributed by atoms with E-state index < -0.39 is 6.61 Å². The Morgan fingerprint density at radius 2 is 2.10 bits per heavy atom. The van der Waals surface area contributed by atoms with Gasteiger partial charge in [-0.25, -0.2) is 0 Å². The maximum absolute atomic E-state index is 12.5. The summed E-state index contributed by atoms with van der Waals surface area (Å²) in [7, 11) is 1.76. The molecule has 1 aliphatic carbocycles. The van der Waals surface area contributed by atoms with E-state index in [-0.39, 0.29) is 22.5 Å². The Balaban J connectivity index is 2.11. The minimum Gasteiger partial charge on any atom is -0.435 e. The van der Waals surface area contributed by atoms with Gasteiger partial charge in [-0.05, 0) is 31.0 Å². The van der Waals surface area contributed by atoms with Crippen LogP contribution >= 0.6 is 15.9 Å². The first-order valence-corrected chi connectivity index (χ1v) is 7.86. The number of alkyl halides is 3. The zero-order valence-corrected chi connectivity index (χ0v) is 13.4. The van der Waals surface area contributed by atoms with Crippen molar-refractivity contribution in [1.29, 1.82) is 0 Å². The van der Waals surface area contributed by atoms with Crippen LogP contribution in [0.5, 0.6) is 5.75 Å². The largest absolute Gasteiger partial charge is 0.435 e. The highest BCUT2D eigenvalue weighted by atomic mass is 79.9. The minimum atomic E-state index is -2.89. The molecular weight excluding hydrogens is 344 g/mol. The highest BCUT2D eigenvalue weighted by Gasteiger charge is 2.29. The molecule has 2 atom stereocenters. The van der Waals surface area contributed by atoms with Crippen LogP contribution in [-0.4, -0.2) is 35.3 Å². The van der Waals surface area contributed by atoms with Crippen LogP contribution in [0.4, 0.5) is 8.78 Å². The summed E-state index contributed by atoms with van der Waals surface area (Å²) < 4.78 is 28.8. The fourth-order valence-electron chi connectivity index (χ4n) is 2.66. The molecule has 116 valence electrons. The molecule has 0 radical (unpaired) electrons. The number of amides is 1. The van der Waals surface area contributed by atoms with Crippen LogP contribution in [0.15, 0.2) is 24.3 Å². The normalized spacial score (nSPS) is 22.1. The molecule has 21 heavy (non-hydrogen) atoms. The summed E-state index contributed by atoms with van der Waals surface area (Å²) in [5, 5.41) is 0. The average Bonchev–Trinajstić information content (AvgIpc) is 2.46. The summed E-state index contributed by atoms with van der Waals surface area (Å²) in [4.78, 5) is 14.5. The molecule has 0 saturated heterocycles. The number of halogens is 3. The van der Waals surface area contributed by atoms with E-state index in [1.165, 1.54) is 12.1 Å². The third-order valence-corrected chi connectivity index (χ3v) is 4.84. The van der Waals surface area contributed by atoms with E-state index in [1.54, 1.807) is 24.1 Å². The fraction of sp³-hybridized carbons (Fsp3) is 0.533. The second-order valence-electron chi connectivity index (χ2n) is 5.19. The molecule has 0 bridgehead atoms. The van der Waals surface area contributed by atoms with Crippen molar-refractivity contribution in [3.05, 3.63) is 29.8 Å². The molecule has 1 aliphatic rings. The van der Waals surface area contributed by atoms with Gasteiger partial charge in [-0.3, -0.25) is 4.79 Å². The fourth-order valence-corrected chi connectivity index (χ4v) is 3.60. The molecule has 3 nitrogen and oxygen atoms in total. The summed E-state index contributed by atoms with van der Waals surface area (Å²) in [6.07, 6.45) is 4.24. The van der Waals surface area contributed by atoms with Crippen molar-refractivity contribution >= 4 is 21.8 Å². The van der Waals surface area contributed by atoms with Crippen LogP contribution in [0.1, 0.15) is 36.0 Å². The Morgan fingerprint density at radius 3 is 2.76 bits per heavy atom. The molecule has 2 rings (SSSR count). The standard InChI is InChI=1S/C15H18BrF2NO2/c1-19(13-8-3-2-7-12(13)16)14(20)10-5-4-6-11(9-10)21-15(17)18/h4-6,9,12-13,15H,2-3,7-8H2,1H3. The van der Waals surface area contributed by atoms with Gasteiger partial charge < -0.3 is 9.64 Å². The van der Waals surface area contributed by atoms with E-state index in [9.17, 15) is 13.6 Å². The van der Waals surface area contributed by atoms with Gasteiger partial charge in [0.05, 0.1) is 0 Å². The summed E-state index contributed by atoms with van der Waals surface area (Å²) in [5.41, 5.74) is 0.362. The number of hydrogen-bond donors (Lipinski definition) is 0. The third-order valence-electron chi connectivity index (χ3n) is 3.77. The summed E-state index contributed by atoms with van der Waals surface area (Å²) >= 11 is 3.63. The smallest absolute Gasteiger partial charge is 0.387 e. The molecule has 1 aromatic rings. The molecule has 1 aromatic carbocycles. The second kappa shape index (κ2) is 7.20. The first-order chi connectivity index (χ1) is 9.99. The van der Waals surface area contributed by atoms with Gasteiger partial charge in [-0.2, -0.15) is 8.78 Å². The number of rotatable bonds is 4. The molecule has 0 heterocycles. The highest BCUT2D eigenvalue weighted by molar-refractivity contribution is 9.09. The zero-order chi connectivity index (χ0) is 15.4. The topological polar surface area (TPSA) is 29.5 Å². The Labute approximate surface area is 131 Å². The Bertz CT molecular complexity index is 498. The summed E-state index contributed by atoms with van der Waals surface area (Å²) in [6, 6.07) is 6.06. The number of hydrogen-bond acceptors (Lipinski definition) is 2. The number of carbonyl (C=O) groups is 1. The number of nitrogens with zero attached hydrogens (tertiary/aromatic N) is 1. The van der Waals surface area contributed by atoms with E-state index in [0.717, 1.165) is 25.7 Å². The van der Waals surface area contributed by atoms with Gasteiger partial charge in [-0.15, -0.1) is 0 Å². The van der Waals surface area contributed by atoms with E-state index >= 15 is 0 Å². The lowest BCUT2D eigenvalue weighted by Crippen LogP contribution is -2.44. The molecule has 0 aromatic heterocycles. The van der Waals surface area contributed by atoms with Crippen molar-refractivity contribution in [2.45, 2.75) is 43.2 Å². The Kier molecular flexibility index (Phi) is 5.56. The van der Waals surface area contributed by atoms with Gasteiger partial charge >= 0.3 is 6.61 Å². The van der Waals surface area contributed by atoms with E-state index in [0.29, 0.717) is 5.56 Å². The minimum absolute atomic E-state index is 0.00304. The van der Waals surface area contributed by atoms with Crippen molar-refractivity contribution in [3.8, 4) is 5.75 Å². The number of ether oxygens (including phenoxy) is 1. The van der Waals surface area contributed by atoms with Crippen LogP contribution in [0.25, 0.3) is 0 Å². The van der Waals surface area contributed by atoms with Crippen molar-refractivity contribution in [2.24, 2.45) is 0 Å². The van der Waals surface area contributed by atoms with Crippen LogP contribution in [0, 0.1) is 0 Å². The van der Waals surface area contributed by atoms with Gasteiger partial charge in [0.25, 0.3) is 5.91 Å². The van der Waals surface area contributed by atoms with Gasteiger partial charge in [0.15, 0.2) is 0 Å². The predicted octanol–water partition coefficient (Wildman–Crippen LogP) is 4.07. The van der Waals surface area contributed by atoms with Crippen molar-refractivity contribution in [1.82, 2.24) is 4.90 Å². The van der Waals surface area contributed by atoms with Crippen molar-refractivity contribution in [3.63, 3.8) is 0 Å². The number of carbonyl (C=O) groups excluding carboxylic acids is 1. The van der Waals surface area contributed by atoms with E-state index in [4.69, 9.17) is 0 Å². The molecule has 0 aliphatic heterocycles. The first kappa shape index (κ1) is 16.2. The quantitative estimate of drug-likeness (QED) is 0.756. The van der Waals surface area contributed by atoms with Crippen LogP contribution < -0.4 is 4.74 Å². The van der Waals surface area contributed by atoms with Gasteiger partial charge in [0, 0.05) is 23.5 Å². The van der Waals surface area contributed by atoms with Crippen LogP contribution in [-0.2, 0) is 0 Å². The van der Waals surface area contributed by atoms with Gasteiger partial charge in [-0.1, -0.05) is 34.8 Å². The van der Waals surface area contributed by atoms with E-state index in [1.807, 2.05) is 0 Å². The molecule has 1 amide bonds. The maximum Gasteiger partial charge on any atom is 0.387 e. The average molecular weight is 362 g/mol. The van der Waals surface area contributed by atoms with Crippen molar-refractivity contribution in [2.75, 3.05) is 7.05 Å². The molecule has 1 fully saturated rings. The monoisotopic (exact) mass is 361 g/mol. The van der Waals surface area contributed by atoms with Crippen LogP contribution in [0.2, 0.25) is 0 Å². The van der Waals surface area contributed by atoms with Gasteiger partial charge in [0.2, 0.25) is 0 Å². The molecule has 0 N–H and O–H groups in total. The Morgan fingerprint density at radius 1 is 1.38 bits per heavy atom. The third kappa shape index (κ3) is 4.15. The SMILES string of the molecule is CN(C(=O)c1cccc(OC(F)F)c1)C1CCCCC1Br. The first-order valence-electron chi connectivity index (χ1n) is 6.95. The predicted molar refractivity (Wildman–Crippen MR) is 80.1 cm³/mol. The van der Waals surface area contributed by atoms with Crippen molar-refractivity contribution < 1.29 is 18.3 Å². The summed E-state index contributed by atoms with van der Waals surface area (Å²) in [5.74, 6) is -0.172.